The first-order chi connectivity index (χ1) is 12.9. The molecule has 1 aliphatic heterocycles. The van der Waals surface area contributed by atoms with Crippen LogP contribution in [0.4, 0.5) is 10.5 Å². The van der Waals surface area contributed by atoms with E-state index in [1.54, 1.807) is 0 Å². The standard InChI is InChI=1S/C19H22N2O5S/c1-13(11-14-3-8-18-15(12-14)9-10-26-18)21-27(23,24)17-6-4-16(5-7-17)20-19(22)25-2/h3-8,12-13,21H,9-11H2,1-2H3,(H,20,22)/t13-/m0/s1. The van der Waals surface area contributed by atoms with Crippen molar-refractivity contribution in [2.45, 2.75) is 30.7 Å². The van der Waals surface area contributed by atoms with Crippen LogP contribution in [0.3, 0.4) is 0 Å². The molecule has 7 nitrogen and oxygen atoms in total. The molecule has 2 aromatic carbocycles. The molecule has 0 fully saturated rings. The van der Waals surface area contributed by atoms with Gasteiger partial charge >= 0.3 is 6.09 Å². The first-order valence-corrected chi connectivity index (χ1v) is 10.1. The predicted octanol–water partition coefficient (Wildman–Crippen LogP) is 2.71. The molecule has 0 spiro atoms. The molecule has 2 aromatic rings. The lowest BCUT2D eigenvalue weighted by Crippen LogP contribution is -2.34. The normalized spacial score (nSPS) is 14.1. The van der Waals surface area contributed by atoms with Crippen molar-refractivity contribution in [3.63, 3.8) is 0 Å². The number of methoxy groups -OCH3 is 1. The van der Waals surface area contributed by atoms with Gasteiger partial charge in [0.15, 0.2) is 0 Å². The van der Waals surface area contributed by atoms with Gasteiger partial charge in [0.2, 0.25) is 10.0 Å². The molecule has 144 valence electrons. The van der Waals surface area contributed by atoms with Gasteiger partial charge in [0.05, 0.1) is 18.6 Å². The predicted molar refractivity (Wildman–Crippen MR) is 102 cm³/mol. The van der Waals surface area contributed by atoms with Gasteiger partial charge in [-0.05, 0) is 54.8 Å². The largest absolute Gasteiger partial charge is 0.493 e. The second-order valence-corrected chi connectivity index (χ2v) is 8.12. The van der Waals surface area contributed by atoms with Gasteiger partial charge in [0.25, 0.3) is 0 Å². The van der Waals surface area contributed by atoms with Gasteiger partial charge in [0, 0.05) is 18.2 Å². The highest BCUT2D eigenvalue weighted by Gasteiger charge is 2.19. The fraction of sp³-hybridized carbons (Fsp3) is 0.316. The number of nitrogens with one attached hydrogen (secondary N) is 2. The Morgan fingerprint density at radius 1 is 1.22 bits per heavy atom. The molecule has 27 heavy (non-hydrogen) atoms. The Hall–Kier alpha value is -2.58. The summed E-state index contributed by atoms with van der Waals surface area (Å²) in [6, 6.07) is 11.6. The zero-order chi connectivity index (χ0) is 19.4. The van der Waals surface area contributed by atoms with Crippen molar-refractivity contribution < 1.29 is 22.7 Å². The molecule has 1 atom stereocenters. The second kappa shape index (κ2) is 7.98. The number of rotatable bonds is 6. The summed E-state index contributed by atoms with van der Waals surface area (Å²) < 4.78 is 37.8. The summed E-state index contributed by atoms with van der Waals surface area (Å²) >= 11 is 0. The minimum atomic E-state index is -3.66. The molecule has 0 radical (unpaired) electrons. The average Bonchev–Trinajstić information content (AvgIpc) is 3.09. The van der Waals surface area contributed by atoms with E-state index in [4.69, 9.17) is 4.74 Å². The van der Waals surface area contributed by atoms with Crippen LogP contribution in [0.2, 0.25) is 0 Å². The van der Waals surface area contributed by atoms with Crippen LogP contribution in [0.1, 0.15) is 18.1 Å². The summed E-state index contributed by atoms with van der Waals surface area (Å²) in [5.41, 5.74) is 2.68. The quantitative estimate of drug-likeness (QED) is 0.791. The summed E-state index contributed by atoms with van der Waals surface area (Å²) in [6.07, 6.45) is 0.848. The van der Waals surface area contributed by atoms with Gasteiger partial charge in [0.1, 0.15) is 5.75 Å². The van der Waals surface area contributed by atoms with E-state index in [9.17, 15) is 13.2 Å². The van der Waals surface area contributed by atoms with Crippen LogP contribution in [-0.4, -0.2) is 34.3 Å². The van der Waals surface area contributed by atoms with E-state index in [0.717, 1.165) is 23.3 Å². The van der Waals surface area contributed by atoms with E-state index in [2.05, 4.69) is 20.8 Å². The third-order valence-corrected chi connectivity index (χ3v) is 5.85. The number of hydrogen-bond donors (Lipinski definition) is 2. The highest BCUT2D eigenvalue weighted by molar-refractivity contribution is 7.89. The van der Waals surface area contributed by atoms with Gasteiger partial charge in [-0.3, -0.25) is 5.32 Å². The van der Waals surface area contributed by atoms with Crippen LogP contribution in [0.25, 0.3) is 0 Å². The summed E-state index contributed by atoms with van der Waals surface area (Å²) in [6.45, 7) is 2.52. The fourth-order valence-corrected chi connectivity index (χ4v) is 4.22. The zero-order valence-corrected chi connectivity index (χ0v) is 16.0. The highest BCUT2D eigenvalue weighted by atomic mass is 32.2. The van der Waals surface area contributed by atoms with E-state index >= 15 is 0 Å². The van der Waals surface area contributed by atoms with Gasteiger partial charge < -0.3 is 9.47 Å². The van der Waals surface area contributed by atoms with E-state index in [1.165, 1.54) is 31.4 Å². The highest BCUT2D eigenvalue weighted by Crippen LogP contribution is 2.26. The molecule has 1 aliphatic rings. The second-order valence-electron chi connectivity index (χ2n) is 6.41. The third-order valence-electron chi connectivity index (χ3n) is 4.25. The Labute approximate surface area is 158 Å². The topological polar surface area (TPSA) is 93.7 Å². The van der Waals surface area contributed by atoms with Gasteiger partial charge in [-0.2, -0.15) is 0 Å². The molecule has 3 rings (SSSR count). The van der Waals surface area contributed by atoms with E-state index in [0.29, 0.717) is 18.7 Å². The number of amides is 1. The number of carbonyl (C=O) groups is 1. The maximum atomic E-state index is 12.6. The van der Waals surface area contributed by atoms with Crippen molar-refractivity contribution in [1.29, 1.82) is 0 Å². The monoisotopic (exact) mass is 390 g/mol. The van der Waals surface area contributed by atoms with E-state index < -0.39 is 16.1 Å². The third kappa shape index (κ3) is 4.78. The van der Waals surface area contributed by atoms with Crippen molar-refractivity contribution in [3.05, 3.63) is 53.6 Å². The molecule has 0 aliphatic carbocycles. The minimum absolute atomic E-state index is 0.132. The van der Waals surface area contributed by atoms with Crippen molar-refractivity contribution in [2.75, 3.05) is 19.0 Å². The average molecular weight is 390 g/mol. The Balaban J connectivity index is 1.64. The number of hydrogen-bond acceptors (Lipinski definition) is 5. The lowest BCUT2D eigenvalue weighted by atomic mass is 10.0. The molecule has 0 saturated carbocycles. The van der Waals surface area contributed by atoms with Crippen molar-refractivity contribution >= 4 is 21.8 Å². The van der Waals surface area contributed by atoms with Crippen LogP contribution >= 0.6 is 0 Å². The molecule has 0 aromatic heterocycles. The van der Waals surface area contributed by atoms with Crippen molar-refractivity contribution in [3.8, 4) is 5.75 Å². The number of sulfonamides is 1. The smallest absolute Gasteiger partial charge is 0.411 e. The molecule has 1 amide bonds. The Morgan fingerprint density at radius 3 is 2.67 bits per heavy atom. The lowest BCUT2D eigenvalue weighted by Gasteiger charge is -2.15. The molecular formula is C19H22N2O5S. The first kappa shape index (κ1) is 19.2. The Bertz CT molecular complexity index is 926. The Morgan fingerprint density at radius 2 is 1.96 bits per heavy atom. The first-order valence-electron chi connectivity index (χ1n) is 8.59. The molecular weight excluding hydrogens is 368 g/mol. The molecule has 8 heteroatoms. The molecule has 2 N–H and O–H groups in total. The van der Waals surface area contributed by atoms with Crippen LogP contribution < -0.4 is 14.8 Å². The van der Waals surface area contributed by atoms with Crippen LogP contribution in [0, 0.1) is 0 Å². The number of fused-ring (bicyclic) bond motifs is 1. The maximum Gasteiger partial charge on any atom is 0.411 e. The zero-order valence-electron chi connectivity index (χ0n) is 15.2. The van der Waals surface area contributed by atoms with Gasteiger partial charge in [-0.1, -0.05) is 12.1 Å². The Kier molecular flexibility index (Phi) is 5.67. The number of benzene rings is 2. The molecule has 0 saturated heterocycles. The van der Waals surface area contributed by atoms with Gasteiger partial charge in [-0.25, -0.2) is 17.9 Å². The fourth-order valence-electron chi connectivity index (χ4n) is 2.98. The van der Waals surface area contributed by atoms with Crippen molar-refractivity contribution in [1.82, 2.24) is 4.72 Å². The maximum absolute atomic E-state index is 12.6. The van der Waals surface area contributed by atoms with E-state index in [-0.39, 0.29) is 10.9 Å². The van der Waals surface area contributed by atoms with E-state index in [1.807, 2.05) is 19.1 Å². The summed E-state index contributed by atoms with van der Waals surface area (Å²) in [7, 11) is -2.40. The van der Waals surface area contributed by atoms with Crippen LogP contribution in [0.5, 0.6) is 5.75 Å². The molecule has 1 heterocycles. The molecule has 0 unspecified atom stereocenters. The van der Waals surface area contributed by atoms with Crippen molar-refractivity contribution in [2.24, 2.45) is 0 Å². The lowest BCUT2D eigenvalue weighted by molar-refractivity contribution is 0.187. The summed E-state index contributed by atoms with van der Waals surface area (Å²) in [5, 5.41) is 2.48. The number of anilines is 1. The number of carbonyl (C=O) groups excluding carboxylic acids is 1. The van der Waals surface area contributed by atoms with Crippen LogP contribution in [-0.2, 0) is 27.6 Å². The van der Waals surface area contributed by atoms with Gasteiger partial charge in [-0.15, -0.1) is 0 Å². The summed E-state index contributed by atoms with van der Waals surface area (Å²) in [4.78, 5) is 11.3. The van der Waals surface area contributed by atoms with Crippen LogP contribution in [0.15, 0.2) is 47.4 Å². The minimum Gasteiger partial charge on any atom is -0.493 e. The SMILES string of the molecule is COC(=O)Nc1ccc(S(=O)(=O)N[C@@H](C)Cc2ccc3c(c2)CCO3)cc1. The summed E-state index contributed by atoms with van der Waals surface area (Å²) in [5.74, 6) is 0.910. The number of ether oxygens (including phenoxy) is 2. The molecule has 0 bridgehead atoms.